The highest BCUT2D eigenvalue weighted by Gasteiger charge is 2.15. The van der Waals surface area contributed by atoms with E-state index in [9.17, 15) is 0 Å². The van der Waals surface area contributed by atoms with Crippen LogP contribution in [-0.4, -0.2) is 31.1 Å². The molecule has 0 atom stereocenters. The molecule has 0 saturated heterocycles. The van der Waals surface area contributed by atoms with Gasteiger partial charge in [-0.05, 0) is 6.07 Å². The molecule has 0 saturated carbocycles. The first kappa shape index (κ1) is 9.83. The number of fused-ring (bicyclic) bond motifs is 1. The van der Waals surface area contributed by atoms with Gasteiger partial charge in [-0.15, -0.1) is 0 Å². The number of aliphatic imine (C=N–C) groups is 1. The van der Waals surface area contributed by atoms with Crippen molar-refractivity contribution < 1.29 is 4.74 Å². The smallest absolute Gasteiger partial charge is 0.191 e. The fourth-order valence-corrected chi connectivity index (χ4v) is 1.66. The summed E-state index contributed by atoms with van der Waals surface area (Å²) in [4.78, 5) is 6.01. The predicted octanol–water partition coefficient (Wildman–Crippen LogP) is 0.825. The van der Waals surface area contributed by atoms with Crippen molar-refractivity contribution in [3.8, 4) is 5.75 Å². The van der Waals surface area contributed by atoms with Crippen molar-refractivity contribution in [2.45, 2.75) is 6.54 Å². The molecule has 0 fully saturated rings. The summed E-state index contributed by atoms with van der Waals surface area (Å²) in [6.07, 6.45) is 0. The van der Waals surface area contributed by atoms with Crippen molar-refractivity contribution in [2.75, 3.05) is 20.2 Å². The number of para-hydroxylation sites is 1. The van der Waals surface area contributed by atoms with Crippen molar-refractivity contribution in [3.63, 3.8) is 0 Å². The zero-order valence-electron chi connectivity index (χ0n) is 8.81. The lowest BCUT2D eigenvalue weighted by molar-refractivity contribution is 0.288. The number of hydrogen-bond acceptors (Lipinski definition) is 2. The Morgan fingerprint density at radius 3 is 3.07 bits per heavy atom. The van der Waals surface area contributed by atoms with Gasteiger partial charge < -0.3 is 15.4 Å². The molecule has 0 spiro atoms. The Hall–Kier alpha value is -1.71. The molecular weight excluding hydrogens is 190 g/mol. The normalized spacial score (nSPS) is 16.6. The van der Waals surface area contributed by atoms with Gasteiger partial charge in [0, 0.05) is 19.2 Å². The standard InChI is InChI=1S/C11H15N3O/c1-13-11(12)14-6-7-15-10-5-3-2-4-9(10)8-14/h2-5H,6-8H2,1H3,(H2,12,13). The molecule has 0 unspecified atom stereocenters. The van der Waals surface area contributed by atoms with Crippen LogP contribution in [0.3, 0.4) is 0 Å². The van der Waals surface area contributed by atoms with Gasteiger partial charge in [0.25, 0.3) is 0 Å². The van der Waals surface area contributed by atoms with Crippen LogP contribution in [0.5, 0.6) is 5.75 Å². The second-order valence-corrected chi connectivity index (χ2v) is 3.46. The minimum absolute atomic E-state index is 0.565. The molecule has 4 nitrogen and oxygen atoms in total. The Labute approximate surface area is 89.4 Å². The minimum atomic E-state index is 0.565. The maximum Gasteiger partial charge on any atom is 0.191 e. The van der Waals surface area contributed by atoms with E-state index in [1.807, 2.05) is 23.1 Å². The Morgan fingerprint density at radius 1 is 1.47 bits per heavy atom. The van der Waals surface area contributed by atoms with Crippen LogP contribution in [0.2, 0.25) is 0 Å². The van der Waals surface area contributed by atoms with E-state index in [1.165, 1.54) is 0 Å². The van der Waals surface area contributed by atoms with Crippen LogP contribution in [-0.2, 0) is 6.54 Å². The monoisotopic (exact) mass is 205 g/mol. The second kappa shape index (κ2) is 4.21. The lowest BCUT2D eigenvalue weighted by atomic mass is 10.2. The van der Waals surface area contributed by atoms with Gasteiger partial charge in [0.05, 0.1) is 6.54 Å². The number of nitrogens with zero attached hydrogens (tertiary/aromatic N) is 2. The number of rotatable bonds is 0. The summed E-state index contributed by atoms with van der Waals surface area (Å²) < 4.78 is 5.62. The molecule has 1 heterocycles. The van der Waals surface area contributed by atoms with Crippen molar-refractivity contribution in [3.05, 3.63) is 29.8 Å². The first-order valence-corrected chi connectivity index (χ1v) is 4.99. The zero-order valence-corrected chi connectivity index (χ0v) is 8.81. The first-order chi connectivity index (χ1) is 7.31. The van der Waals surface area contributed by atoms with Crippen LogP contribution in [0.25, 0.3) is 0 Å². The predicted molar refractivity (Wildman–Crippen MR) is 59.9 cm³/mol. The highest BCUT2D eigenvalue weighted by molar-refractivity contribution is 5.78. The first-order valence-electron chi connectivity index (χ1n) is 4.99. The zero-order chi connectivity index (χ0) is 10.7. The van der Waals surface area contributed by atoms with Crippen LogP contribution in [0.1, 0.15) is 5.56 Å². The van der Waals surface area contributed by atoms with E-state index in [0.29, 0.717) is 12.6 Å². The van der Waals surface area contributed by atoms with Crippen molar-refractivity contribution in [1.29, 1.82) is 0 Å². The highest BCUT2D eigenvalue weighted by Crippen LogP contribution is 2.21. The summed E-state index contributed by atoms with van der Waals surface area (Å²) in [6, 6.07) is 8.02. The molecule has 0 aliphatic carbocycles. The van der Waals surface area contributed by atoms with E-state index >= 15 is 0 Å². The van der Waals surface area contributed by atoms with Crippen molar-refractivity contribution >= 4 is 5.96 Å². The molecule has 1 aliphatic rings. The van der Waals surface area contributed by atoms with Gasteiger partial charge >= 0.3 is 0 Å². The van der Waals surface area contributed by atoms with Gasteiger partial charge in [-0.3, -0.25) is 4.99 Å². The summed E-state index contributed by atoms with van der Waals surface area (Å²) in [7, 11) is 1.70. The lowest BCUT2D eigenvalue weighted by Crippen LogP contribution is -2.38. The Kier molecular flexibility index (Phi) is 2.76. The molecule has 1 aliphatic heterocycles. The molecule has 4 heteroatoms. The fraction of sp³-hybridized carbons (Fsp3) is 0.364. The molecule has 15 heavy (non-hydrogen) atoms. The summed E-state index contributed by atoms with van der Waals surface area (Å²) in [5.74, 6) is 1.51. The number of guanidine groups is 1. The quantitative estimate of drug-likeness (QED) is 0.504. The Balaban J connectivity index is 2.25. The van der Waals surface area contributed by atoms with Crippen molar-refractivity contribution in [1.82, 2.24) is 4.90 Å². The topological polar surface area (TPSA) is 50.8 Å². The summed E-state index contributed by atoms with van der Waals surface area (Å²) in [5.41, 5.74) is 6.95. The van der Waals surface area contributed by atoms with E-state index in [-0.39, 0.29) is 0 Å². The third-order valence-corrected chi connectivity index (χ3v) is 2.51. The van der Waals surface area contributed by atoms with E-state index in [2.05, 4.69) is 11.1 Å². The molecule has 2 N–H and O–H groups in total. The fourth-order valence-electron chi connectivity index (χ4n) is 1.66. The SMILES string of the molecule is CN=C(N)N1CCOc2ccccc2C1. The average Bonchev–Trinajstić information content (AvgIpc) is 2.49. The molecule has 0 aromatic heterocycles. The van der Waals surface area contributed by atoms with E-state index < -0.39 is 0 Å². The summed E-state index contributed by atoms with van der Waals surface area (Å²) in [5, 5.41) is 0. The van der Waals surface area contributed by atoms with Crippen LogP contribution >= 0.6 is 0 Å². The molecule has 0 bridgehead atoms. The second-order valence-electron chi connectivity index (χ2n) is 3.46. The van der Waals surface area contributed by atoms with E-state index in [0.717, 1.165) is 24.4 Å². The third-order valence-electron chi connectivity index (χ3n) is 2.51. The lowest BCUT2D eigenvalue weighted by Gasteiger charge is -2.19. The Bertz CT molecular complexity index is 376. The molecule has 80 valence electrons. The molecule has 1 aromatic rings. The van der Waals surface area contributed by atoms with Crippen molar-refractivity contribution in [2.24, 2.45) is 10.7 Å². The van der Waals surface area contributed by atoms with Crippen LogP contribution < -0.4 is 10.5 Å². The maximum absolute atomic E-state index is 5.79. The van der Waals surface area contributed by atoms with Crippen LogP contribution in [0.15, 0.2) is 29.3 Å². The van der Waals surface area contributed by atoms with Gasteiger partial charge in [0.2, 0.25) is 0 Å². The number of benzene rings is 1. The third kappa shape index (κ3) is 2.03. The average molecular weight is 205 g/mol. The van der Waals surface area contributed by atoms with Gasteiger partial charge in [-0.2, -0.15) is 0 Å². The molecular formula is C11H15N3O. The van der Waals surface area contributed by atoms with E-state index in [4.69, 9.17) is 10.5 Å². The minimum Gasteiger partial charge on any atom is -0.491 e. The van der Waals surface area contributed by atoms with Gasteiger partial charge in [-0.25, -0.2) is 0 Å². The molecule has 1 aromatic carbocycles. The highest BCUT2D eigenvalue weighted by atomic mass is 16.5. The number of hydrogen-bond donors (Lipinski definition) is 1. The van der Waals surface area contributed by atoms with Crippen LogP contribution in [0.4, 0.5) is 0 Å². The molecule has 0 amide bonds. The number of ether oxygens (including phenoxy) is 1. The Morgan fingerprint density at radius 2 is 2.27 bits per heavy atom. The van der Waals surface area contributed by atoms with E-state index in [1.54, 1.807) is 7.05 Å². The van der Waals surface area contributed by atoms with Gasteiger partial charge in [-0.1, -0.05) is 18.2 Å². The van der Waals surface area contributed by atoms with Crippen LogP contribution in [0, 0.1) is 0 Å². The summed E-state index contributed by atoms with van der Waals surface area (Å²) in [6.45, 7) is 2.18. The summed E-state index contributed by atoms with van der Waals surface area (Å²) >= 11 is 0. The number of nitrogens with two attached hydrogens (primary N) is 1. The molecule has 2 rings (SSSR count). The maximum atomic E-state index is 5.79. The van der Waals surface area contributed by atoms with Gasteiger partial charge in [0.1, 0.15) is 12.4 Å². The molecule has 0 radical (unpaired) electrons. The van der Waals surface area contributed by atoms with Gasteiger partial charge in [0.15, 0.2) is 5.96 Å². The largest absolute Gasteiger partial charge is 0.491 e.